The number of hydrogen-bond donors (Lipinski definition) is 1. The smallest absolute Gasteiger partial charge is 0.307 e. The van der Waals surface area contributed by atoms with Crippen molar-refractivity contribution in [2.75, 3.05) is 0 Å². The molecular weight excluding hydrogens is 236 g/mol. The quantitative estimate of drug-likeness (QED) is 0.867. The molecule has 0 radical (unpaired) electrons. The summed E-state index contributed by atoms with van der Waals surface area (Å²) >= 11 is 0. The first-order chi connectivity index (χ1) is 8.75. The van der Waals surface area contributed by atoms with Crippen LogP contribution in [0.2, 0.25) is 0 Å². The molecule has 19 heavy (non-hydrogen) atoms. The zero-order valence-electron chi connectivity index (χ0n) is 12.5. The van der Waals surface area contributed by atoms with Gasteiger partial charge in [-0.1, -0.05) is 44.5 Å². The van der Waals surface area contributed by atoms with E-state index in [2.05, 4.69) is 52.8 Å². The highest BCUT2D eigenvalue weighted by molar-refractivity contribution is 5.72. The van der Waals surface area contributed by atoms with E-state index in [1.165, 1.54) is 16.7 Å². The topological polar surface area (TPSA) is 37.3 Å². The van der Waals surface area contributed by atoms with E-state index >= 15 is 0 Å². The number of hydrogen-bond acceptors (Lipinski definition) is 1. The van der Waals surface area contributed by atoms with Crippen LogP contribution in [0.25, 0.3) is 0 Å². The molecule has 2 nitrogen and oxygen atoms in total. The standard InChI is InChI=1S/C17H24O2/c1-10-6-7-13(11(2)8-10)14-9-15(16(18)19)17(4,5)12(14)3/h6-8,12,14-15H,9H2,1-5H3,(H,18,19)/t12-,14+,15-/m1/s1. The van der Waals surface area contributed by atoms with Gasteiger partial charge in [-0.2, -0.15) is 0 Å². The van der Waals surface area contributed by atoms with Crippen molar-refractivity contribution in [3.8, 4) is 0 Å². The Bertz CT molecular complexity index is 502. The van der Waals surface area contributed by atoms with Crippen molar-refractivity contribution < 1.29 is 9.90 Å². The maximum atomic E-state index is 11.5. The fourth-order valence-electron chi connectivity index (χ4n) is 3.65. The second kappa shape index (κ2) is 4.66. The van der Waals surface area contributed by atoms with E-state index in [-0.39, 0.29) is 11.3 Å². The van der Waals surface area contributed by atoms with Gasteiger partial charge in [-0.05, 0) is 48.6 Å². The van der Waals surface area contributed by atoms with Gasteiger partial charge in [-0.3, -0.25) is 4.79 Å². The molecule has 1 saturated carbocycles. The van der Waals surface area contributed by atoms with Gasteiger partial charge >= 0.3 is 5.97 Å². The van der Waals surface area contributed by atoms with Crippen molar-refractivity contribution >= 4 is 5.97 Å². The summed E-state index contributed by atoms with van der Waals surface area (Å²) in [5.74, 6) is -0.149. The van der Waals surface area contributed by atoms with E-state index in [1.807, 2.05) is 0 Å². The Balaban J connectivity index is 2.39. The molecule has 0 aromatic heterocycles. The first-order valence-electron chi connectivity index (χ1n) is 7.05. The largest absolute Gasteiger partial charge is 0.481 e. The Kier molecular flexibility index (Phi) is 3.46. The van der Waals surface area contributed by atoms with E-state index in [9.17, 15) is 9.90 Å². The number of carbonyl (C=O) groups is 1. The summed E-state index contributed by atoms with van der Waals surface area (Å²) in [5, 5.41) is 9.44. The molecule has 2 heteroatoms. The molecule has 1 aromatic rings. The minimum Gasteiger partial charge on any atom is -0.481 e. The van der Waals surface area contributed by atoms with Crippen molar-refractivity contribution in [1.29, 1.82) is 0 Å². The molecule has 2 rings (SSSR count). The summed E-state index contributed by atoms with van der Waals surface area (Å²) in [7, 11) is 0. The predicted octanol–water partition coefficient (Wildman–Crippen LogP) is 4.15. The van der Waals surface area contributed by atoms with Crippen LogP contribution in [0.3, 0.4) is 0 Å². The molecule has 0 unspecified atom stereocenters. The van der Waals surface area contributed by atoms with Crippen LogP contribution in [0.4, 0.5) is 0 Å². The third-order valence-corrected chi connectivity index (χ3v) is 5.29. The number of rotatable bonds is 2. The van der Waals surface area contributed by atoms with Crippen LogP contribution >= 0.6 is 0 Å². The van der Waals surface area contributed by atoms with Gasteiger partial charge in [-0.25, -0.2) is 0 Å². The van der Waals surface area contributed by atoms with Gasteiger partial charge in [0.25, 0.3) is 0 Å². The highest BCUT2D eigenvalue weighted by atomic mass is 16.4. The number of aryl methyl sites for hydroxylation is 2. The van der Waals surface area contributed by atoms with Crippen LogP contribution in [0.5, 0.6) is 0 Å². The van der Waals surface area contributed by atoms with Crippen LogP contribution in [0.15, 0.2) is 18.2 Å². The van der Waals surface area contributed by atoms with E-state index in [4.69, 9.17) is 0 Å². The number of carboxylic acid groups (broad SMARTS) is 1. The maximum absolute atomic E-state index is 11.5. The summed E-state index contributed by atoms with van der Waals surface area (Å²) in [5.41, 5.74) is 3.74. The van der Waals surface area contributed by atoms with Gasteiger partial charge in [0.15, 0.2) is 0 Å². The summed E-state index contributed by atoms with van der Waals surface area (Å²) in [6.07, 6.45) is 0.757. The Morgan fingerprint density at radius 1 is 1.32 bits per heavy atom. The lowest BCUT2D eigenvalue weighted by Gasteiger charge is -2.30. The normalized spacial score (nSPS) is 29.4. The second-order valence-electron chi connectivity index (χ2n) is 6.70. The fourth-order valence-corrected chi connectivity index (χ4v) is 3.65. The van der Waals surface area contributed by atoms with Crippen molar-refractivity contribution in [2.45, 2.75) is 47.0 Å². The lowest BCUT2D eigenvalue weighted by Crippen LogP contribution is -2.29. The van der Waals surface area contributed by atoms with Crippen molar-refractivity contribution in [3.05, 3.63) is 34.9 Å². The van der Waals surface area contributed by atoms with Gasteiger partial charge in [0.2, 0.25) is 0 Å². The van der Waals surface area contributed by atoms with Crippen LogP contribution in [0.1, 0.15) is 49.8 Å². The van der Waals surface area contributed by atoms with Crippen molar-refractivity contribution in [1.82, 2.24) is 0 Å². The Labute approximate surface area is 115 Å². The van der Waals surface area contributed by atoms with Crippen molar-refractivity contribution in [2.24, 2.45) is 17.3 Å². The zero-order chi connectivity index (χ0) is 14.4. The highest BCUT2D eigenvalue weighted by Gasteiger charge is 2.50. The summed E-state index contributed by atoms with van der Waals surface area (Å²) in [6.45, 7) is 10.6. The van der Waals surface area contributed by atoms with Crippen LogP contribution < -0.4 is 0 Å². The molecule has 0 amide bonds. The molecule has 1 aromatic carbocycles. The van der Waals surface area contributed by atoms with E-state index in [1.54, 1.807) is 0 Å². The van der Waals surface area contributed by atoms with Gasteiger partial charge in [0, 0.05) is 0 Å². The average Bonchev–Trinajstić information content (AvgIpc) is 2.52. The van der Waals surface area contributed by atoms with Gasteiger partial charge in [-0.15, -0.1) is 0 Å². The number of aliphatic carboxylic acids is 1. The molecule has 1 aliphatic rings. The second-order valence-corrected chi connectivity index (χ2v) is 6.70. The van der Waals surface area contributed by atoms with E-state index in [0.717, 1.165) is 6.42 Å². The lowest BCUT2D eigenvalue weighted by molar-refractivity contribution is -0.145. The highest BCUT2D eigenvalue weighted by Crippen LogP contribution is 2.55. The molecule has 0 saturated heterocycles. The Hall–Kier alpha value is -1.31. The lowest BCUT2D eigenvalue weighted by atomic mass is 9.74. The van der Waals surface area contributed by atoms with Crippen LogP contribution in [-0.2, 0) is 4.79 Å². The molecule has 0 heterocycles. The fraction of sp³-hybridized carbons (Fsp3) is 0.588. The molecule has 104 valence electrons. The Morgan fingerprint density at radius 2 is 1.95 bits per heavy atom. The van der Waals surface area contributed by atoms with Gasteiger partial charge in [0.1, 0.15) is 0 Å². The molecule has 0 bridgehead atoms. The predicted molar refractivity (Wildman–Crippen MR) is 77.3 cm³/mol. The summed E-state index contributed by atoms with van der Waals surface area (Å²) in [4.78, 5) is 11.5. The average molecular weight is 260 g/mol. The van der Waals surface area contributed by atoms with Crippen LogP contribution in [0, 0.1) is 31.1 Å². The van der Waals surface area contributed by atoms with Gasteiger partial charge in [0.05, 0.1) is 5.92 Å². The third-order valence-electron chi connectivity index (χ3n) is 5.29. The third kappa shape index (κ3) is 2.29. The number of carboxylic acids is 1. The van der Waals surface area contributed by atoms with Crippen molar-refractivity contribution in [3.63, 3.8) is 0 Å². The zero-order valence-corrected chi connectivity index (χ0v) is 12.5. The van der Waals surface area contributed by atoms with E-state index in [0.29, 0.717) is 11.8 Å². The maximum Gasteiger partial charge on any atom is 0.307 e. The Morgan fingerprint density at radius 3 is 2.42 bits per heavy atom. The molecule has 1 aliphatic carbocycles. The minimum absolute atomic E-state index is 0.145. The minimum atomic E-state index is -0.649. The molecule has 0 aliphatic heterocycles. The SMILES string of the molecule is Cc1ccc([C@H]2C[C@H](C(=O)O)C(C)(C)[C@@H]2C)c(C)c1. The summed E-state index contributed by atoms with van der Waals surface area (Å²) in [6, 6.07) is 6.52. The molecule has 0 spiro atoms. The molecule has 1 N–H and O–H groups in total. The molecule has 1 fully saturated rings. The monoisotopic (exact) mass is 260 g/mol. The molecule has 3 atom stereocenters. The molecular formula is C17H24O2. The first-order valence-corrected chi connectivity index (χ1v) is 7.05. The van der Waals surface area contributed by atoms with Gasteiger partial charge < -0.3 is 5.11 Å². The van der Waals surface area contributed by atoms with Crippen LogP contribution in [-0.4, -0.2) is 11.1 Å². The van der Waals surface area contributed by atoms with E-state index < -0.39 is 5.97 Å². The number of benzene rings is 1. The summed E-state index contributed by atoms with van der Waals surface area (Å²) < 4.78 is 0. The first kappa shape index (κ1) is 14.1.